The zero-order chi connectivity index (χ0) is 42.1. The molecule has 0 fully saturated rings. The molecule has 0 radical (unpaired) electrons. The van der Waals surface area contributed by atoms with Crippen LogP contribution in [0.3, 0.4) is 0 Å². The molecule has 0 N–H and O–H groups in total. The van der Waals surface area contributed by atoms with Gasteiger partial charge in [-0.2, -0.15) is 0 Å². The average molecular weight is 956 g/mol. The van der Waals surface area contributed by atoms with Crippen molar-refractivity contribution >= 4 is 41.8 Å². The van der Waals surface area contributed by atoms with Gasteiger partial charge in [-0.3, -0.25) is 0 Å². The van der Waals surface area contributed by atoms with E-state index >= 15 is 0 Å². The van der Waals surface area contributed by atoms with Crippen LogP contribution in [0.2, 0.25) is 10.0 Å². The van der Waals surface area contributed by atoms with Gasteiger partial charge >= 0.3 is 366 Å². The van der Waals surface area contributed by atoms with Crippen LogP contribution in [0.4, 0.5) is 0 Å². The number of allylic oxidation sites excluding steroid dienone is 8. The smallest absolute Gasteiger partial charge is 1.00 e. The second-order valence-corrected chi connectivity index (χ2v) is 31.8. The third-order valence-electron chi connectivity index (χ3n) is 13.5. The van der Waals surface area contributed by atoms with E-state index < -0.39 is 19.3 Å². The molecule has 0 aromatic heterocycles. The van der Waals surface area contributed by atoms with Crippen molar-refractivity contribution in [2.24, 2.45) is 22.2 Å². The van der Waals surface area contributed by atoms with Gasteiger partial charge < -0.3 is 24.8 Å². The predicted octanol–water partition coefficient (Wildman–Crippen LogP) is 9.87. The van der Waals surface area contributed by atoms with Crippen LogP contribution >= 0.6 is 23.2 Å². The van der Waals surface area contributed by atoms with Gasteiger partial charge in [0.15, 0.2) is 0 Å². The third-order valence-corrected chi connectivity index (χ3v) is 25.8. The maximum Gasteiger partial charge on any atom is -1.00 e. The van der Waals surface area contributed by atoms with E-state index in [1.165, 1.54) is 72.4 Å². The Kier molecular flexibility index (Phi) is 12.3. The van der Waals surface area contributed by atoms with Crippen LogP contribution in [0.25, 0.3) is 22.3 Å². The average Bonchev–Trinajstić information content (AvgIpc) is 3.82. The molecule has 0 aliphatic heterocycles. The molecule has 4 aliphatic carbocycles. The molecule has 0 saturated heterocycles. The van der Waals surface area contributed by atoms with Crippen molar-refractivity contribution < 1.29 is 44.1 Å². The van der Waals surface area contributed by atoms with Crippen molar-refractivity contribution in [3.05, 3.63) is 161 Å². The number of fused-ring (bicyclic) bond motifs is 5. The zero-order valence-corrected chi connectivity index (χ0v) is 43.5. The zero-order valence-electron chi connectivity index (χ0n) is 38.1. The minimum absolute atomic E-state index is 0. The molecule has 4 aromatic carbocycles. The Morgan fingerprint density at radius 3 is 1.27 bits per heavy atom. The largest absolute Gasteiger partial charge is 1.00 e. The fourth-order valence-corrected chi connectivity index (χ4v) is 24.0. The quantitative estimate of drug-likeness (QED) is 0.191. The summed E-state index contributed by atoms with van der Waals surface area (Å²) in [5.74, 6) is 0.296. The summed E-state index contributed by atoms with van der Waals surface area (Å²) >= 11 is 9.05. The van der Waals surface area contributed by atoms with Crippen molar-refractivity contribution in [1.82, 2.24) is 0 Å². The van der Waals surface area contributed by atoms with Gasteiger partial charge in [-0.15, -0.1) is 0 Å². The van der Waals surface area contributed by atoms with E-state index in [9.17, 15) is 0 Å². The summed E-state index contributed by atoms with van der Waals surface area (Å²) < 4.78 is 7.36. The fraction of sp³-hybridized carbons (Fsp3) is 0.382. The van der Waals surface area contributed by atoms with Crippen LogP contribution in [0, 0.1) is 22.2 Å². The van der Waals surface area contributed by atoms with E-state index in [0.717, 1.165) is 10.0 Å². The molecule has 0 saturated carbocycles. The summed E-state index contributed by atoms with van der Waals surface area (Å²) in [7, 11) is 0. The van der Waals surface area contributed by atoms with Gasteiger partial charge in [-0.1, -0.05) is 0 Å². The number of rotatable bonds is 4. The molecule has 1 atom stereocenters. The summed E-state index contributed by atoms with van der Waals surface area (Å²) in [5.41, 5.74) is 18.3. The molecule has 0 nitrogen and oxygen atoms in total. The second-order valence-electron chi connectivity index (χ2n) is 22.0. The minimum Gasteiger partial charge on any atom is -1.00 e. The maximum absolute atomic E-state index is 6.61. The van der Waals surface area contributed by atoms with E-state index in [4.69, 9.17) is 23.2 Å². The molecule has 4 aliphatic rings. The summed E-state index contributed by atoms with van der Waals surface area (Å²) in [4.78, 5) is 0. The third kappa shape index (κ3) is 8.05. The summed E-state index contributed by atoms with van der Waals surface area (Å²) in [6.45, 7) is 33.5. The molecule has 0 heterocycles. The van der Waals surface area contributed by atoms with Gasteiger partial charge in [-0.25, -0.2) is 0 Å². The Labute approximate surface area is 387 Å². The van der Waals surface area contributed by atoms with Gasteiger partial charge in [0.2, 0.25) is 0 Å². The van der Waals surface area contributed by atoms with E-state index in [2.05, 4.69) is 201 Å². The number of benzene rings is 4. The first-order valence-electron chi connectivity index (χ1n) is 21.3. The van der Waals surface area contributed by atoms with Crippen LogP contribution < -0.4 is 24.8 Å². The fourth-order valence-electron chi connectivity index (χ4n) is 10.5. The van der Waals surface area contributed by atoms with Crippen LogP contribution in [0.5, 0.6) is 0 Å². The topological polar surface area (TPSA) is 0 Å². The van der Waals surface area contributed by atoms with Crippen molar-refractivity contribution in [3.8, 4) is 11.1 Å². The normalized spacial score (nSPS) is 18.3. The van der Waals surface area contributed by atoms with E-state index in [0.29, 0.717) is 5.92 Å². The van der Waals surface area contributed by atoms with E-state index in [1.54, 1.807) is 3.28 Å². The van der Waals surface area contributed by atoms with Crippen LogP contribution in [-0.2, 0) is 30.1 Å². The monoisotopic (exact) mass is 952 g/mol. The SMILES string of the molecule is CC1C=C(C(C)(C)C)C=[C]1[Zr+2](=[CH]c1ccc(Cl)cc1)(=[CH]c1ccc(Cl)cc1)[CH]1c2cc3c(cc2-c2cc4c(cc21)C(C)(C)C=C4C(C)(C)C)C(C(C)(C)C)=CC3(C)C.[Cl-].[Cl-]. The van der Waals surface area contributed by atoms with Gasteiger partial charge in [0, 0.05) is 0 Å². The molecule has 4 aromatic rings. The Balaban J connectivity index is 0.00000302. The van der Waals surface area contributed by atoms with Crippen LogP contribution in [0.1, 0.15) is 145 Å². The van der Waals surface area contributed by atoms with Crippen LogP contribution in [0.15, 0.2) is 106 Å². The molecule has 60 heavy (non-hydrogen) atoms. The Hall–Kier alpha value is -2.38. The molecular formula is C55H62Cl4Zr. The summed E-state index contributed by atoms with van der Waals surface area (Å²) in [6, 6.07) is 27.8. The minimum atomic E-state index is -4.17. The summed E-state index contributed by atoms with van der Waals surface area (Å²) in [5, 5.41) is 1.53. The Bertz CT molecular complexity index is 2490. The molecule has 8 rings (SSSR count). The van der Waals surface area contributed by atoms with Crippen LogP contribution in [-0.4, -0.2) is 7.42 Å². The summed E-state index contributed by atoms with van der Waals surface area (Å²) in [6.07, 6.45) is 10.3. The van der Waals surface area contributed by atoms with Crippen molar-refractivity contribution in [1.29, 1.82) is 0 Å². The van der Waals surface area contributed by atoms with Crippen molar-refractivity contribution in [3.63, 3.8) is 0 Å². The molecule has 0 bridgehead atoms. The van der Waals surface area contributed by atoms with E-state index in [1.807, 2.05) is 0 Å². The number of hydrogen-bond acceptors (Lipinski definition) is 0. The van der Waals surface area contributed by atoms with Gasteiger partial charge in [0.1, 0.15) is 0 Å². The standard InChI is InChI=1S/C31H37.C10H15.2C7H5Cl.2ClH.Zr/c1-28(2,3)26-16-30(7,8)24-12-18-11-19-13-25-23(15-21(19)20(18)14-22(24)26)27(29(4,5)6)17-31(25,9)10;1-8-5-6-9(7-8)10(2,3)4;2*1-6-2-4-7(8)5-3-6;;;/h11-17H,1-10H3;6-8H,1-4H3;2*1-5H;2*1H;/q;;;;;;+2/p-2. The number of halogens is 4. The first-order chi connectivity index (χ1) is 26.8. The predicted molar refractivity (Wildman–Crippen MR) is 253 cm³/mol. The molecule has 0 spiro atoms. The maximum atomic E-state index is 6.61. The molecule has 0 amide bonds. The van der Waals surface area contributed by atoms with E-state index in [-0.39, 0.29) is 55.5 Å². The molecule has 5 heteroatoms. The van der Waals surface area contributed by atoms with Gasteiger partial charge in [-0.05, 0) is 0 Å². The van der Waals surface area contributed by atoms with Crippen molar-refractivity contribution in [2.45, 2.75) is 111 Å². The molecular weight excluding hydrogens is 894 g/mol. The van der Waals surface area contributed by atoms with Gasteiger partial charge in [0.05, 0.1) is 0 Å². The Morgan fingerprint density at radius 1 is 0.550 bits per heavy atom. The molecule has 314 valence electrons. The van der Waals surface area contributed by atoms with Gasteiger partial charge in [0.25, 0.3) is 0 Å². The molecule has 1 unspecified atom stereocenters. The van der Waals surface area contributed by atoms with Crippen molar-refractivity contribution in [2.75, 3.05) is 0 Å². The Morgan fingerprint density at radius 2 is 0.933 bits per heavy atom. The second kappa shape index (κ2) is 15.7. The first kappa shape index (κ1) is 47.1. The first-order valence-corrected chi connectivity index (χ1v) is 27.6. The number of hydrogen-bond donors (Lipinski definition) is 0.